The Balaban J connectivity index is 1.55. The maximum atomic E-state index is 13.5. The number of nitrogens with one attached hydrogen (secondary N) is 1. The summed E-state index contributed by atoms with van der Waals surface area (Å²) in [6.07, 6.45) is 8.78. The van der Waals surface area contributed by atoms with Gasteiger partial charge in [0, 0.05) is 17.0 Å². The van der Waals surface area contributed by atoms with Crippen molar-refractivity contribution < 1.29 is 13.6 Å². The molecule has 2 fully saturated rings. The Morgan fingerprint density at radius 1 is 1.29 bits per heavy atom. The van der Waals surface area contributed by atoms with Crippen LogP contribution in [0, 0.1) is 35.4 Å². The molecule has 1 heterocycles. The van der Waals surface area contributed by atoms with Crippen LogP contribution in [0.2, 0.25) is 0 Å². The number of halogens is 2. The van der Waals surface area contributed by atoms with E-state index in [9.17, 15) is 18.8 Å². The summed E-state index contributed by atoms with van der Waals surface area (Å²) in [6.45, 7) is 1.75. The number of thiazole rings is 1. The maximum absolute atomic E-state index is 13.5. The minimum absolute atomic E-state index is 0.0320. The molecular formula is C20H20F2N4OS. The summed E-state index contributed by atoms with van der Waals surface area (Å²) < 4.78 is 27.1. The van der Waals surface area contributed by atoms with E-state index in [0.29, 0.717) is 4.88 Å². The fraction of sp³-hybridized carbons (Fsp3) is 0.450. The van der Waals surface area contributed by atoms with E-state index in [2.05, 4.69) is 10.3 Å². The number of amides is 1. The molecule has 1 N–H and O–H groups in total. The van der Waals surface area contributed by atoms with E-state index in [1.165, 1.54) is 12.8 Å². The summed E-state index contributed by atoms with van der Waals surface area (Å²) in [5.41, 5.74) is 0.544. The molecule has 1 atom stereocenters. The average molecular weight is 402 g/mol. The molecule has 1 amide bonds. The molecule has 28 heavy (non-hydrogen) atoms. The maximum Gasteiger partial charge on any atom is 0.271 e. The van der Waals surface area contributed by atoms with Gasteiger partial charge in [-0.15, -0.1) is 11.3 Å². The molecule has 4 rings (SSSR count). The Morgan fingerprint density at radius 3 is 2.54 bits per heavy atom. The molecule has 0 bridgehead atoms. The number of rotatable bonds is 4. The van der Waals surface area contributed by atoms with Gasteiger partial charge in [-0.05, 0) is 50.2 Å². The number of anilines is 2. The normalized spacial score (nSPS) is 19.9. The first-order chi connectivity index (χ1) is 13.4. The highest BCUT2D eigenvalue weighted by molar-refractivity contribution is 7.16. The largest absolute Gasteiger partial charge is 0.347 e. The van der Waals surface area contributed by atoms with Crippen molar-refractivity contribution in [2.75, 3.05) is 4.90 Å². The fourth-order valence-electron chi connectivity index (χ4n) is 4.39. The SMILES string of the molecule is Cc1sc(N(C#N)c2cc(F)cc(F)c2)nc1C(=O)N[C@@H]1CCC12CCCC2. The molecule has 2 saturated carbocycles. The van der Waals surface area contributed by atoms with Gasteiger partial charge < -0.3 is 5.32 Å². The number of hydrogen-bond donors (Lipinski definition) is 1. The first kappa shape index (κ1) is 18.8. The Hall–Kier alpha value is -2.53. The Morgan fingerprint density at radius 2 is 1.96 bits per heavy atom. The summed E-state index contributed by atoms with van der Waals surface area (Å²) in [5, 5.41) is 12.8. The molecule has 0 aliphatic heterocycles. The third-order valence-corrected chi connectivity index (χ3v) is 6.93. The van der Waals surface area contributed by atoms with Crippen molar-refractivity contribution in [3.63, 3.8) is 0 Å². The first-order valence-corrected chi connectivity index (χ1v) is 10.2. The summed E-state index contributed by atoms with van der Waals surface area (Å²) >= 11 is 1.14. The molecule has 1 aromatic carbocycles. The van der Waals surface area contributed by atoms with Crippen molar-refractivity contribution in [2.45, 2.75) is 51.5 Å². The van der Waals surface area contributed by atoms with Gasteiger partial charge in [0.05, 0.1) is 5.69 Å². The van der Waals surface area contributed by atoms with Crippen LogP contribution in [0.15, 0.2) is 18.2 Å². The number of benzene rings is 1. The zero-order valence-corrected chi connectivity index (χ0v) is 16.3. The van der Waals surface area contributed by atoms with E-state index < -0.39 is 11.6 Å². The van der Waals surface area contributed by atoms with Crippen molar-refractivity contribution in [3.05, 3.63) is 40.4 Å². The molecule has 2 aromatic rings. The zero-order chi connectivity index (χ0) is 19.9. The third kappa shape index (κ3) is 3.24. The highest BCUT2D eigenvalue weighted by Gasteiger charge is 2.48. The van der Waals surface area contributed by atoms with Crippen LogP contribution < -0.4 is 10.2 Å². The van der Waals surface area contributed by atoms with Crippen molar-refractivity contribution in [1.82, 2.24) is 10.3 Å². The van der Waals surface area contributed by atoms with Crippen LogP contribution in [0.3, 0.4) is 0 Å². The zero-order valence-electron chi connectivity index (χ0n) is 15.5. The lowest BCUT2D eigenvalue weighted by molar-refractivity contribution is 0.0579. The molecule has 0 unspecified atom stereocenters. The van der Waals surface area contributed by atoms with Crippen LogP contribution in [0.5, 0.6) is 0 Å². The van der Waals surface area contributed by atoms with Crippen LogP contribution in [-0.4, -0.2) is 16.9 Å². The summed E-state index contributed by atoms with van der Waals surface area (Å²) in [6, 6.07) is 3.03. The van der Waals surface area contributed by atoms with Gasteiger partial charge in [0.25, 0.3) is 5.91 Å². The minimum atomic E-state index is -0.784. The first-order valence-electron chi connectivity index (χ1n) is 9.36. The van der Waals surface area contributed by atoms with Crippen LogP contribution in [0.1, 0.15) is 53.9 Å². The lowest BCUT2D eigenvalue weighted by Crippen LogP contribution is -2.54. The molecule has 5 nitrogen and oxygen atoms in total. The van der Waals surface area contributed by atoms with Crippen LogP contribution in [0.25, 0.3) is 0 Å². The number of aryl methyl sites for hydroxylation is 1. The van der Waals surface area contributed by atoms with Crippen LogP contribution in [-0.2, 0) is 0 Å². The lowest BCUT2D eigenvalue weighted by atomic mass is 9.63. The second-order valence-corrected chi connectivity index (χ2v) is 8.78. The van der Waals surface area contributed by atoms with Crippen molar-refractivity contribution in [1.29, 1.82) is 5.26 Å². The number of nitrogens with zero attached hydrogens (tertiary/aromatic N) is 3. The monoisotopic (exact) mass is 402 g/mol. The van der Waals surface area contributed by atoms with E-state index in [1.54, 1.807) is 6.92 Å². The van der Waals surface area contributed by atoms with Crippen molar-refractivity contribution >= 4 is 28.1 Å². The van der Waals surface area contributed by atoms with Crippen molar-refractivity contribution in [2.24, 2.45) is 5.41 Å². The van der Waals surface area contributed by atoms with Crippen LogP contribution >= 0.6 is 11.3 Å². The molecular weight excluding hydrogens is 382 g/mol. The van der Waals surface area contributed by atoms with Gasteiger partial charge >= 0.3 is 0 Å². The molecule has 2 aliphatic carbocycles. The van der Waals surface area contributed by atoms with Gasteiger partial charge in [0.1, 0.15) is 17.3 Å². The number of hydrogen-bond acceptors (Lipinski definition) is 5. The van der Waals surface area contributed by atoms with E-state index in [4.69, 9.17) is 0 Å². The van der Waals surface area contributed by atoms with Gasteiger partial charge in [-0.25, -0.2) is 18.7 Å². The molecule has 146 valence electrons. The number of aromatic nitrogens is 1. The Bertz CT molecular complexity index is 941. The summed E-state index contributed by atoms with van der Waals surface area (Å²) in [7, 11) is 0. The Labute approximate surface area is 166 Å². The number of carbonyl (C=O) groups excluding carboxylic acids is 1. The molecule has 0 saturated heterocycles. The predicted molar refractivity (Wildman–Crippen MR) is 102 cm³/mol. The second-order valence-electron chi connectivity index (χ2n) is 7.60. The quantitative estimate of drug-likeness (QED) is 0.589. The third-order valence-electron chi connectivity index (χ3n) is 5.97. The predicted octanol–water partition coefficient (Wildman–Crippen LogP) is 4.80. The fourth-order valence-corrected chi connectivity index (χ4v) is 5.28. The van der Waals surface area contributed by atoms with Gasteiger partial charge in [-0.2, -0.15) is 5.26 Å². The van der Waals surface area contributed by atoms with Crippen LogP contribution in [0.4, 0.5) is 19.6 Å². The molecule has 8 heteroatoms. The van der Waals surface area contributed by atoms with Gasteiger partial charge in [0.15, 0.2) is 6.19 Å². The average Bonchev–Trinajstić information content (AvgIpc) is 3.27. The molecule has 0 radical (unpaired) electrons. The standard InChI is InChI=1S/C20H20F2N4OS/c1-12-17(18(27)24-16-4-7-20(16)5-2-3-6-20)25-19(28-12)26(11-23)15-9-13(21)8-14(22)10-15/h8-10,16H,2-7H2,1H3,(H,24,27)/t16-/m1/s1. The summed E-state index contributed by atoms with van der Waals surface area (Å²) in [4.78, 5) is 18.8. The van der Waals surface area contributed by atoms with Gasteiger partial charge in [-0.3, -0.25) is 4.79 Å². The topological polar surface area (TPSA) is 69.0 Å². The second kappa shape index (κ2) is 7.13. The summed E-state index contributed by atoms with van der Waals surface area (Å²) in [5.74, 6) is -1.82. The van der Waals surface area contributed by atoms with Crippen molar-refractivity contribution in [3.8, 4) is 6.19 Å². The lowest BCUT2D eigenvalue weighted by Gasteiger charge is -2.47. The molecule has 1 aromatic heterocycles. The number of nitriles is 1. The van der Waals surface area contributed by atoms with Gasteiger partial charge in [0.2, 0.25) is 5.13 Å². The van der Waals surface area contributed by atoms with E-state index in [1.807, 2.05) is 6.19 Å². The van der Waals surface area contributed by atoms with E-state index >= 15 is 0 Å². The highest BCUT2D eigenvalue weighted by atomic mass is 32.1. The highest BCUT2D eigenvalue weighted by Crippen LogP contribution is 2.53. The van der Waals surface area contributed by atoms with E-state index in [0.717, 1.165) is 60.1 Å². The smallest absolute Gasteiger partial charge is 0.271 e. The number of carbonyl (C=O) groups is 1. The molecule has 1 spiro atoms. The van der Waals surface area contributed by atoms with E-state index in [-0.39, 0.29) is 33.9 Å². The molecule has 2 aliphatic rings. The van der Waals surface area contributed by atoms with Gasteiger partial charge in [-0.1, -0.05) is 12.8 Å². The Kier molecular flexibility index (Phi) is 4.79. The minimum Gasteiger partial charge on any atom is -0.347 e.